The van der Waals surface area contributed by atoms with Crippen molar-refractivity contribution < 1.29 is 22.8 Å². The number of pyridine rings is 1. The molecule has 0 aliphatic carbocycles. The first-order valence-electron chi connectivity index (χ1n) is 13.0. The summed E-state index contributed by atoms with van der Waals surface area (Å²) in [5.41, 5.74) is 3.26. The fraction of sp³-hybridized carbons (Fsp3) is 0.481. The zero-order valence-electron chi connectivity index (χ0n) is 21.3. The predicted octanol–water partition coefficient (Wildman–Crippen LogP) is 4.36. The summed E-state index contributed by atoms with van der Waals surface area (Å²) in [6.45, 7) is 2.82. The van der Waals surface area contributed by atoms with E-state index in [1.165, 1.54) is 19.3 Å². The van der Waals surface area contributed by atoms with Gasteiger partial charge in [-0.25, -0.2) is 4.98 Å². The molecule has 0 spiro atoms. The Balaban J connectivity index is 1.28. The molecular weight excluding hydrogens is 497 g/mol. The number of fused-ring (bicyclic) bond motifs is 1. The quantitative estimate of drug-likeness (QED) is 0.532. The summed E-state index contributed by atoms with van der Waals surface area (Å²) in [5.74, 6) is -2.25. The summed E-state index contributed by atoms with van der Waals surface area (Å²) in [7, 11) is 1.96. The maximum Gasteiger partial charge on any atom is 0.471 e. The first kappa shape index (κ1) is 26.1. The molecule has 2 amide bonds. The van der Waals surface area contributed by atoms with Crippen molar-refractivity contribution in [2.45, 2.75) is 44.8 Å². The molecule has 0 atom stereocenters. The molecule has 2 aliphatic rings. The van der Waals surface area contributed by atoms with Crippen molar-refractivity contribution in [3.8, 4) is 11.1 Å². The third-order valence-corrected chi connectivity index (χ3v) is 7.56. The van der Waals surface area contributed by atoms with E-state index >= 15 is 0 Å². The van der Waals surface area contributed by atoms with Crippen LogP contribution in [0.25, 0.3) is 21.9 Å². The lowest BCUT2D eigenvalue weighted by molar-refractivity contribution is -0.186. The lowest BCUT2D eigenvalue weighted by Gasteiger charge is -2.31. The summed E-state index contributed by atoms with van der Waals surface area (Å²) in [6, 6.07) is 7.91. The van der Waals surface area contributed by atoms with E-state index in [0.29, 0.717) is 5.82 Å². The van der Waals surface area contributed by atoms with Gasteiger partial charge in [-0.05, 0) is 61.9 Å². The number of rotatable bonds is 5. The van der Waals surface area contributed by atoms with Crippen molar-refractivity contribution in [1.82, 2.24) is 24.6 Å². The molecule has 2 aliphatic heterocycles. The van der Waals surface area contributed by atoms with E-state index in [1.807, 2.05) is 24.0 Å². The molecule has 5 rings (SSSR count). The smallest absolute Gasteiger partial charge is 0.335 e. The van der Waals surface area contributed by atoms with Gasteiger partial charge in [0.1, 0.15) is 5.82 Å². The van der Waals surface area contributed by atoms with Crippen LogP contribution >= 0.6 is 0 Å². The van der Waals surface area contributed by atoms with Crippen LogP contribution < -0.4 is 5.32 Å². The van der Waals surface area contributed by atoms with Crippen LogP contribution in [0.2, 0.25) is 0 Å². The number of benzene rings is 1. The summed E-state index contributed by atoms with van der Waals surface area (Å²) in [5, 5.41) is 9.15. The average Bonchev–Trinajstić information content (AvgIpc) is 3.27. The zero-order valence-corrected chi connectivity index (χ0v) is 21.3. The summed E-state index contributed by atoms with van der Waals surface area (Å²) >= 11 is 0. The fourth-order valence-corrected chi connectivity index (χ4v) is 5.35. The Bertz CT molecular complexity index is 1320. The molecule has 2 fully saturated rings. The minimum Gasteiger partial charge on any atom is -0.335 e. The Morgan fingerprint density at radius 3 is 2.45 bits per heavy atom. The summed E-state index contributed by atoms with van der Waals surface area (Å²) in [4.78, 5) is 31.8. The van der Waals surface area contributed by atoms with Gasteiger partial charge in [0.2, 0.25) is 5.91 Å². The number of piperidine rings is 2. The van der Waals surface area contributed by atoms with Crippen LogP contribution in [0, 0.1) is 5.92 Å². The maximum atomic E-state index is 12.8. The molecule has 3 aromatic rings. The molecule has 0 bridgehead atoms. The maximum absolute atomic E-state index is 12.8. The third kappa shape index (κ3) is 5.67. The molecule has 11 heteroatoms. The van der Waals surface area contributed by atoms with E-state index in [0.717, 1.165) is 52.1 Å². The van der Waals surface area contributed by atoms with Crippen LogP contribution in [-0.4, -0.2) is 68.7 Å². The van der Waals surface area contributed by atoms with Crippen molar-refractivity contribution in [3.63, 3.8) is 0 Å². The highest BCUT2D eigenvalue weighted by atomic mass is 19.4. The van der Waals surface area contributed by atoms with Gasteiger partial charge in [0.25, 0.3) is 0 Å². The highest BCUT2D eigenvalue weighted by Gasteiger charge is 2.43. The van der Waals surface area contributed by atoms with Gasteiger partial charge in [-0.2, -0.15) is 18.3 Å². The number of nitrogens with zero attached hydrogens (tertiary/aromatic N) is 5. The Morgan fingerprint density at radius 2 is 1.74 bits per heavy atom. The van der Waals surface area contributed by atoms with Gasteiger partial charge < -0.3 is 10.2 Å². The molecular formula is C27H31F3N6O2. The van der Waals surface area contributed by atoms with Gasteiger partial charge in [0.05, 0.1) is 11.9 Å². The Morgan fingerprint density at radius 1 is 1.00 bits per heavy atom. The second-order valence-corrected chi connectivity index (χ2v) is 10.2. The Hall–Kier alpha value is -3.47. The van der Waals surface area contributed by atoms with Gasteiger partial charge in [-0.1, -0.05) is 18.6 Å². The minimum atomic E-state index is -4.90. The zero-order chi connectivity index (χ0) is 26.9. The van der Waals surface area contributed by atoms with Crippen molar-refractivity contribution >= 4 is 28.4 Å². The van der Waals surface area contributed by atoms with E-state index in [1.54, 1.807) is 12.3 Å². The van der Waals surface area contributed by atoms with Crippen molar-refractivity contribution in [2.24, 2.45) is 13.0 Å². The fourth-order valence-electron chi connectivity index (χ4n) is 5.35. The molecule has 0 saturated carbocycles. The normalized spacial score (nSPS) is 17.6. The lowest BCUT2D eigenvalue weighted by atomic mass is 9.95. The molecule has 2 aromatic heterocycles. The number of alkyl halides is 3. The first-order chi connectivity index (χ1) is 18.2. The lowest BCUT2D eigenvalue weighted by Crippen LogP contribution is -2.46. The van der Waals surface area contributed by atoms with Gasteiger partial charge in [0.15, 0.2) is 0 Å². The van der Waals surface area contributed by atoms with Crippen LogP contribution in [0.15, 0.2) is 36.7 Å². The summed E-state index contributed by atoms with van der Waals surface area (Å²) in [6.07, 6.45) is 2.75. The monoisotopic (exact) mass is 528 g/mol. The number of carbonyl (C=O) groups excluding carboxylic acids is 2. The second-order valence-electron chi connectivity index (χ2n) is 10.2. The van der Waals surface area contributed by atoms with E-state index < -0.39 is 18.0 Å². The Kier molecular flexibility index (Phi) is 7.38. The van der Waals surface area contributed by atoms with E-state index in [-0.39, 0.29) is 31.8 Å². The second kappa shape index (κ2) is 10.7. The van der Waals surface area contributed by atoms with Crippen LogP contribution in [0.5, 0.6) is 0 Å². The van der Waals surface area contributed by atoms with Gasteiger partial charge in [-0.15, -0.1) is 0 Å². The molecule has 202 valence electrons. The van der Waals surface area contributed by atoms with Crippen molar-refractivity contribution in [1.29, 1.82) is 0 Å². The van der Waals surface area contributed by atoms with Gasteiger partial charge in [0, 0.05) is 49.7 Å². The number of amides is 2. The van der Waals surface area contributed by atoms with E-state index in [4.69, 9.17) is 0 Å². The average molecular weight is 529 g/mol. The van der Waals surface area contributed by atoms with Gasteiger partial charge >= 0.3 is 12.1 Å². The number of hydrogen-bond acceptors (Lipinski definition) is 5. The van der Waals surface area contributed by atoms with Crippen LogP contribution in [0.4, 0.5) is 19.0 Å². The van der Waals surface area contributed by atoms with E-state index in [9.17, 15) is 22.8 Å². The van der Waals surface area contributed by atoms with Crippen molar-refractivity contribution in [3.05, 3.63) is 42.4 Å². The number of likely N-dealkylation sites (tertiary alicyclic amines) is 2. The topological polar surface area (TPSA) is 83.4 Å². The SMILES string of the molecule is Cn1ncc(-c2ccc3cnc(NC(=O)C4CCN(C(=O)C(F)(F)F)CC4)cc3c2)c1CN1CCCCC1. The number of aromatic nitrogens is 3. The van der Waals surface area contributed by atoms with Crippen LogP contribution in [0.3, 0.4) is 0 Å². The molecule has 1 N–H and O–H groups in total. The summed E-state index contributed by atoms with van der Waals surface area (Å²) < 4.78 is 40.0. The molecule has 4 heterocycles. The molecule has 2 saturated heterocycles. The Labute approximate surface area is 218 Å². The molecule has 8 nitrogen and oxygen atoms in total. The molecule has 38 heavy (non-hydrogen) atoms. The number of nitrogens with one attached hydrogen (secondary N) is 1. The number of hydrogen-bond donors (Lipinski definition) is 1. The number of aryl methyl sites for hydroxylation is 1. The highest BCUT2D eigenvalue weighted by Crippen LogP contribution is 2.30. The van der Waals surface area contributed by atoms with Crippen LogP contribution in [0.1, 0.15) is 37.8 Å². The number of carbonyl (C=O) groups is 2. The minimum absolute atomic E-state index is 0.101. The number of anilines is 1. The molecule has 0 unspecified atom stereocenters. The standard InChI is InChI=1S/C27H31F3N6O2/c1-34-23(17-35-9-3-2-4-10-35)22(16-32-34)19-5-6-20-15-31-24(14-21(20)13-19)33-25(37)18-7-11-36(12-8-18)26(38)27(28,29)30/h5-6,13-16,18H,2-4,7-12,17H2,1H3,(H,31,33,37). The van der Waals surface area contributed by atoms with Crippen LogP contribution in [-0.2, 0) is 23.2 Å². The number of halogens is 3. The first-order valence-corrected chi connectivity index (χ1v) is 13.0. The molecule has 0 radical (unpaired) electrons. The molecule has 1 aromatic carbocycles. The highest BCUT2D eigenvalue weighted by molar-refractivity contribution is 5.95. The predicted molar refractivity (Wildman–Crippen MR) is 137 cm³/mol. The van der Waals surface area contributed by atoms with E-state index in [2.05, 4.69) is 32.4 Å². The van der Waals surface area contributed by atoms with Gasteiger partial charge in [-0.3, -0.25) is 19.2 Å². The third-order valence-electron chi connectivity index (χ3n) is 7.56. The van der Waals surface area contributed by atoms with Crippen molar-refractivity contribution in [2.75, 3.05) is 31.5 Å². The largest absolute Gasteiger partial charge is 0.471 e.